The van der Waals surface area contributed by atoms with Crippen LogP contribution < -0.4 is 0 Å². The second-order valence-corrected chi connectivity index (χ2v) is 3.27. The van der Waals surface area contributed by atoms with E-state index in [-0.39, 0.29) is 0 Å². The van der Waals surface area contributed by atoms with Crippen LogP contribution in [0.15, 0.2) is 35.4 Å². The fourth-order valence-corrected chi connectivity index (χ4v) is 0.977. The Morgan fingerprint density at radius 2 is 1.83 bits per heavy atom. The highest BCUT2D eigenvalue weighted by atomic mass is 32.1. The molecule has 0 unspecified atom stereocenters. The van der Waals surface area contributed by atoms with Crippen molar-refractivity contribution in [3.63, 3.8) is 0 Å². The van der Waals surface area contributed by atoms with Crippen molar-refractivity contribution in [1.29, 1.82) is 0 Å². The van der Waals surface area contributed by atoms with Crippen molar-refractivity contribution in [3.05, 3.63) is 40.9 Å². The van der Waals surface area contributed by atoms with Crippen LogP contribution in [0.25, 0.3) is 6.08 Å². The molecule has 0 saturated carbocycles. The van der Waals surface area contributed by atoms with Crippen LogP contribution in [0.5, 0.6) is 0 Å². The summed E-state index contributed by atoms with van der Waals surface area (Å²) in [4.78, 5) is 1.97. The minimum atomic E-state index is 0.959. The summed E-state index contributed by atoms with van der Waals surface area (Å²) in [5.74, 6) is 0. The van der Waals surface area contributed by atoms with Crippen molar-refractivity contribution in [3.8, 4) is 0 Å². The van der Waals surface area contributed by atoms with Crippen LogP contribution in [0, 0.1) is 0 Å². The van der Waals surface area contributed by atoms with Crippen molar-refractivity contribution in [2.75, 3.05) is 14.1 Å². The van der Waals surface area contributed by atoms with Crippen molar-refractivity contribution in [2.24, 2.45) is 0 Å². The summed E-state index contributed by atoms with van der Waals surface area (Å²) >= 11 is 4.32. The molecule has 0 amide bonds. The summed E-state index contributed by atoms with van der Waals surface area (Å²) in [5, 5.41) is 0.959. The van der Waals surface area contributed by atoms with Gasteiger partial charge in [0, 0.05) is 14.1 Å². The minimum Gasteiger partial charge on any atom is -0.373 e. The Hall–Kier alpha value is -0.890. The number of hydrogen-bond acceptors (Lipinski definition) is 2. The SMILES string of the molecule is CN(C)/C(S)=C/c1ccccc1. The second-order valence-electron chi connectivity index (χ2n) is 2.81. The van der Waals surface area contributed by atoms with Crippen LogP contribution in [-0.4, -0.2) is 19.0 Å². The molecule has 12 heavy (non-hydrogen) atoms. The zero-order valence-corrected chi connectivity index (χ0v) is 8.25. The Kier molecular flexibility index (Phi) is 3.23. The number of hydrogen-bond donors (Lipinski definition) is 1. The van der Waals surface area contributed by atoms with E-state index in [2.05, 4.69) is 24.8 Å². The normalized spacial score (nSPS) is 11.4. The average molecular weight is 179 g/mol. The lowest BCUT2D eigenvalue weighted by atomic mass is 10.2. The zero-order chi connectivity index (χ0) is 8.97. The summed E-state index contributed by atoms with van der Waals surface area (Å²) in [7, 11) is 3.95. The first-order valence-corrected chi connectivity index (χ1v) is 4.28. The molecular weight excluding hydrogens is 166 g/mol. The summed E-state index contributed by atoms with van der Waals surface area (Å²) in [6.45, 7) is 0. The first-order valence-electron chi connectivity index (χ1n) is 3.83. The topological polar surface area (TPSA) is 3.24 Å². The molecule has 0 aliphatic heterocycles. The maximum absolute atomic E-state index is 4.32. The molecule has 1 aromatic rings. The molecule has 0 N–H and O–H groups in total. The lowest BCUT2D eigenvalue weighted by Gasteiger charge is -2.10. The molecule has 1 rings (SSSR count). The van der Waals surface area contributed by atoms with Gasteiger partial charge in [-0.25, -0.2) is 0 Å². The van der Waals surface area contributed by atoms with Gasteiger partial charge in [-0.05, 0) is 11.6 Å². The van der Waals surface area contributed by atoms with E-state index in [0.29, 0.717) is 0 Å². The fourth-order valence-electron chi connectivity index (χ4n) is 0.827. The van der Waals surface area contributed by atoms with Crippen LogP contribution in [0.1, 0.15) is 5.56 Å². The monoisotopic (exact) mass is 179 g/mol. The van der Waals surface area contributed by atoms with Crippen molar-refractivity contribution in [2.45, 2.75) is 0 Å². The summed E-state index contributed by atoms with van der Waals surface area (Å²) in [5.41, 5.74) is 1.18. The van der Waals surface area contributed by atoms with Gasteiger partial charge in [-0.2, -0.15) is 0 Å². The number of thiol groups is 1. The van der Waals surface area contributed by atoms with Crippen molar-refractivity contribution in [1.82, 2.24) is 4.90 Å². The molecule has 2 heteroatoms. The molecule has 64 valence electrons. The maximum atomic E-state index is 4.32. The van der Waals surface area contributed by atoms with Gasteiger partial charge in [0.1, 0.15) is 0 Å². The highest BCUT2D eigenvalue weighted by molar-refractivity contribution is 7.84. The Morgan fingerprint density at radius 3 is 2.33 bits per heavy atom. The summed E-state index contributed by atoms with van der Waals surface area (Å²) in [6, 6.07) is 10.1. The van der Waals surface area contributed by atoms with Crippen molar-refractivity contribution < 1.29 is 0 Å². The third kappa shape index (κ3) is 2.62. The van der Waals surface area contributed by atoms with Gasteiger partial charge >= 0.3 is 0 Å². The number of rotatable bonds is 2. The van der Waals surface area contributed by atoms with Gasteiger partial charge in [-0.1, -0.05) is 30.3 Å². The van der Waals surface area contributed by atoms with Crippen LogP contribution in [-0.2, 0) is 0 Å². The molecule has 0 bridgehead atoms. The van der Waals surface area contributed by atoms with E-state index in [9.17, 15) is 0 Å². The molecule has 0 aromatic heterocycles. The molecular formula is C10H13NS. The van der Waals surface area contributed by atoms with E-state index in [1.807, 2.05) is 43.3 Å². The minimum absolute atomic E-state index is 0.959. The fraction of sp³-hybridized carbons (Fsp3) is 0.200. The van der Waals surface area contributed by atoms with E-state index < -0.39 is 0 Å². The smallest absolute Gasteiger partial charge is 0.0677 e. The lowest BCUT2D eigenvalue weighted by Crippen LogP contribution is -2.05. The highest BCUT2D eigenvalue weighted by Crippen LogP contribution is 2.10. The Balaban J connectivity index is 2.81. The van der Waals surface area contributed by atoms with Gasteiger partial charge in [0.05, 0.1) is 5.03 Å². The molecule has 0 aliphatic carbocycles. The standard InChI is InChI=1S/C10H13NS/c1-11(2)10(12)8-9-6-4-3-5-7-9/h3-8,12H,1-2H3/b10-8-. The van der Waals surface area contributed by atoms with E-state index in [4.69, 9.17) is 0 Å². The lowest BCUT2D eigenvalue weighted by molar-refractivity contribution is 0.555. The predicted molar refractivity (Wildman–Crippen MR) is 57.1 cm³/mol. The van der Waals surface area contributed by atoms with Gasteiger partial charge in [-0.15, -0.1) is 12.6 Å². The highest BCUT2D eigenvalue weighted by Gasteiger charge is 1.91. The van der Waals surface area contributed by atoms with Gasteiger partial charge in [0.25, 0.3) is 0 Å². The molecule has 0 fully saturated rings. The molecule has 0 saturated heterocycles. The number of benzene rings is 1. The van der Waals surface area contributed by atoms with Crippen molar-refractivity contribution >= 4 is 18.7 Å². The summed E-state index contributed by atoms with van der Waals surface area (Å²) in [6.07, 6.45) is 2.03. The van der Waals surface area contributed by atoms with Gasteiger partial charge < -0.3 is 4.90 Å². The zero-order valence-electron chi connectivity index (χ0n) is 7.36. The molecule has 1 nitrogen and oxygen atoms in total. The van der Waals surface area contributed by atoms with E-state index in [0.717, 1.165) is 5.03 Å². The van der Waals surface area contributed by atoms with Gasteiger partial charge in [0.15, 0.2) is 0 Å². The third-order valence-corrected chi connectivity index (χ3v) is 2.08. The molecule has 1 aromatic carbocycles. The Labute approximate surface area is 79.1 Å². The van der Waals surface area contributed by atoms with Crippen LogP contribution >= 0.6 is 12.6 Å². The van der Waals surface area contributed by atoms with Gasteiger partial charge in [-0.3, -0.25) is 0 Å². The largest absolute Gasteiger partial charge is 0.373 e. The number of nitrogens with zero attached hydrogens (tertiary/aromatic N) is 1. The quantitative estimate of drug-likeness (QED) is 0.683. The van der Waals surface area contributed by atoms with E-state index >= 15 is 0 Å². The Bertz CT molecular complexity index is 264. The van der Waals surface area contributed by atoms with E-state index in [1.54, 1.807) is 0 Å². The Morgan fingerprint density at radius 1 is 1.25 bits per heavy atom. The second kappa shape index (κ2) is 4.21. The summed E-state index contributed by atoms with van der Waals surface area (Å²) < 4.78 is 0. The predicted octanol–water partition coefficient (Wildman–Crippen LogP) is 2.48. The first kappa shape index (κ1) is 9.20. The molecule has 0 radical (unpaired) electrons. The third-order valence-electron chi connectivity index (χ3n) is 1.55. The molecule has 0 atom stereocenters. The van der Waals surface area contributed by atoms with Crippen LogP contribution in [0.2, 0.25) is 0 Å². The van der Waals surface area contributed by atoms with Crippen LogP contribution in [0.3, 0.4) is 0 Å². The van der Waals surface area contributed by atoms with E-state index in [1.165, 1.54) is 5.56 Å². The molecule has 0 spiro atoms. The van der Waals surface area contributed by atoms with Gasteiger partial charge in [0.2, 0.25) is 0 Å². The maximum Gasteiger partial charge on any atom is 0.0677 e. The first-order chi connectivity index (χ1) is 5.70. The molecule has 0 aliphatic rings. The molecule has 0 heterocycles. The van der Waals surface area contributed by atoms with Crippen LogP contribution in [0.4, 0.5) is 0 Å². The average Bonchev–Trinajstić information content (AvgIpc) is 2.06.